The van der Waals surface area contributed by atoms with Gasteiger partial charge in [-0.3, -0.25) is 10.1 Å². The normalized spacial score (nSPS) is 10.1. The first-order chi connectivity index (χ1) is 9.99. The molecule has 0 aliphatic carbocycles. The molecule has 0 aliphatic heterocycles. The number of allylic oxidation sites excluding steroid dienone is 1. The van der Waals surface area contributed by atoms with Crippen LogP contribution < -0.4 is 10.1 Å². The maximum atomic E-state index is 11.7. The molecule has 1 aromatic carbocycles. The van der Waals surface area contributed by atoms with Gasteiger partial charge in [0.15, 0.2) is 5.13 Å². The lowest BCUT2D eigenvalue weighted by Gasteiger charge is -2.01. The minimum Gasteiger partial charge on any atom is -0.497 e. The van der Waals surface area contributed by atoms with Crippen LogP contribution in [0.25, 0.3) is 11.3 Å². The van der Waals surface area contributed by atoms with E-state index in [2.05, 4.69) is 10.3 Å². The monoisotopic (exact) mass is 302 g/mol. The number of nitrogens with zero attached hydrogens (tertiary/aromatic N) is 1. The number of amides is 1. The van der Waals surface area contributed by atoms with Gasteiger partial charge >= 0.3 is 0 Å². The summed E-state index contributed by atoms with van der Waals surface area (Å²) >= 11 is 1.47. The number of ether oxygens (including phenoxy) is 1. The van der Waals surface area contributed by atoms with E-state index in [9.17, 15) is 4.79 Å². The van der Waals surface area contributed by atoms with Crippen molar-refractivity contribution >= 4 is 22.4 Å². The van der Waals surface area contributed by atoms with Gasteiger partial charge in [-0.15, -0.1) is 11.3 Å². The van der Waals surface area contributed by atoms with Crippen molar-refractivity contribution in [1.29, 1.82) is 0 Å². The fourth-order valence-electron chi connectivity index (χ4n) is 1.87. The topological polar surface area (TPSA) is 51.2 Å². The molecule has 5 heteroatoms. The molecule has 1 heterocycles. The second kappa shape index (κ2) is 6.54. The Kier molecular flexibility index (Phi) is 4.75. The highest BCUT2D eigenvalue weighted by atomic mass is 32.1. The number of aromatic nitrogens is 1. The van der Waals surface area contributed by atoms with Gasteiger partial charge < -0.3 is 4.74 Å². The van der Waals surface area contributed by atoms with E-state index in [4.69, 9.17) is 4.74 Å². The number of methoxy groups -OCH3 is 1. The summed E-state index contributed by atoms with van der Waals surface area (Å²) in [5.74, 6) is 0.661. The van der Waals surface area contributed by atoms with Gasteiger partial charge in [0.25, 0.3) is 0 Å². The van der Waals surface area contributed by atoms with Gasteiger partial charge in [0.05, 0.1) is 12.8 Å². The Hall–Kier alpha value is -2.14. The Labute approximate surface area is 128 Å². The largest absolute Gasteiger partial charge is 0.497 e. The van der Waals surface area contributed by atoms with Crippen LogP contribution in [0.4, 0.5) is 5.13 Å². The number of carbonyl (C=O) groups is 1. The van der Waals surface area contributed by atoms with Crippen LogP contribution in [-0.4, -0.2) is 18.0 Å². The average Bonchev–Trinajstić information content (AvgIpc) is 2.78. The highest BCUT2D eigenvalue weighted by Gasteiger charge is 2.11. The van der Waals surface area contributed by atoms with E-state index >= 15 is 0 Å². The average molecular weight is 302 g/mol. The Morgan fingerprint density at radius 1 is 1.29 bits per heavy atom. The third-order valence-electron chi connectivity index (χ3n) is 2.81. The SMILES string of the molecule is COc1ccc(-c2nc(NC(=O)C=C(C)C)sc2C)cc1. The van der Waals surface area contributed by atoms with E-state index in [1.54, 1.807) is 13.2 Å². The molecular weight excluding hydrogens is 284 g/mol. The Balaban J connectivity index is 2.22. The molecule has 110 valence electrons. The van der Waals surface area contributed by atoms with E-state index < -0.39 is 0 Å². The van der Waals surface area contributed by atoms with Crippen LogP contribution in [0.1, 0.15) is 18.7 Å². The molecule has 0 spiro atoms. The van der Waals surface area contributed by atoms with Crippen LogP contribution >= 0.6 is 11.3 Å². The summed E-state index contributed by atoms with van der Waals surface area (Å²) < 4.78 is 5.15. The Morgan fingerprint density at radius 3 is 2.52 bits per heavy atom. The van der Waals surface area contributed by atoms with Crippen LogP contribution in [0.2, 0.25) is 0 Å². The van der Waals surface area contributed by atoms with Crippen LogP contribution in [0, 0.1) is 6.92 Å². The molecule has 21 heavy (non-hydrogen) atoms. The molecule has 0 unspecified atom stereocenters. The van der Waals surface area contributed by atoms with E-state index in [-0.39, 0.29) is 5.91 Å². The van der Waals surface area contributed by atoms with E-state index in [1.165, 1.54) is 11.3 Å². The van der Waals surface area contributed by atoms with Gasteiger partial charge in [-0.05, 0) is 45.0 Å². The molecule has 0 atom stereocenters. The fourth-order valence-corrected chi connectivity index (χ4v) is 2.71. The van der Waals surface area contributed by atoms with Crippen LogP contribution in [-0.2, 0) is 4.79 Å². The van der Waals surface area contributed by atoms with Crippen molar-refractivity contribution in [3.63, 3.8) is 0 Å². The first-order valence-electron chi connectivity index (χ1n) is 6.57. The summed E-state index contributed by atoms with van der Waals surface area (Å²) in [5, 5.41) is 3.41. The zero-order valence-corrected chi connectivity index (χ0v) is 13.4. The Morgan fingerprint density at radius 2 is 1.95 bits per heavy atom. The van der Waals surface area contributed by atoms with E-state index in [1.807, 2.05) is 45.0 Å². The maximum Gasteiger partial charge on any atom is 0.250 e. The lowest BCUT2D eigenvalue weighted by atomic mass is 10.1. The van der Waals surface area contributed by atoms with Crippen molar-refractivity contribution < 1.29 is 9.53 Å². The summed E-state index contributed by atoms with van der Waals surface area (Å²) in [6.07, 6.45) is 1.56. The molecule has 1 amide bonds. The molecule has 1 N–H and O–H groups in total. The molecule has 0 saturated heterocycles. The number of rotatable bonds is 4. The third kappa shape index (κ3) is 3.92. The van der Waals surface area contributed by atoms with Crippen molar-refractivity contribution in [2.24, 2.45) is 0 Å². The zero-order chi connectivity index (χ0) is 15.4. The molecule has 1 aromatic heterocycles. The number of hydrogen-bond acceptors (Lipinski definition) is 4. The highest BCUT2D eigenvalue weighted by Crippen LogP contribution is 2.31. The summed E-state index contributed by atoms with van der Waals surface area (Å²) in [6, 6.07) is 7.72. The number of anilines is 1. The summed E-state index contributed by atoms with van der Waals surface area (Å²) in [4.78, 5) is 17.3. The molecule has 0 saturated carbocycles. The molecule has 0 aliphatic rings. The maximum absolute atomic E-state index is 11.7. The van der Waals surface area contributed by atoms with Crippen molar-refractivity contribution in [2.45, 2.75) is 20.8 Å². The molecular formula is C16H18N2O2S. The fraction of sp³-hybridized carbons (Fsp3) is 0.250. The quantitative estimate of drug-likeness (QED) is 0.867. The number of benzene rings is 1. The van der Waals surface area contributed by atoms with Gasteiger partial charge in [0.2, 0.25) is 5.91 Å². The van der Waals surface area contributed by atoms with Crippen LogP contribution in [0.15, 0.2) is 35.9 Å². The van der Waals surface area contributed by atoms with Crippen molar-refractivity contribution in [3.8, 4) is 17.0 Å². The number of nitrogens with one attached hydrogen (secondary N) is 1. The van der Waals surface area contributed by atoms with Gasteiger partial charge in [0, 0.05) is 16.5 Å². The number of hydrogen-bond donors (Lipinski definition) is 1. The standard InChI is InChI=1S/C16H18N2O2S/c1-10(2)9-14(19)17-16-18-15(11(3)21-16)12-5-7-13(20-4)8-6-12/h5-9H,1-4H3,(H,17,18,19). The second-order valence-corrected chi connectivity index (χ2v) is 6.07. The Bertz CT molecular complexity index is 668. The van der Waals surface area contributed by atoms with Crippen molar-refractivity contribution in [2.75, 3.05) is 12.4 Å². The predicted molar refractivity (Wildman–Crippen MR) is 86.9 cm³/mol. The first-order valence-corrected chi connectivity index (χ1v) is 7.39. The van der Waals surface area contributed by atoms with E-state index in [0.29, 0.717) is 5.13 Å². The molecule has 2 aromatic rings. The lowest BCUT2D eigenvalue weighted by Crippen LogP contribution is -2.07. The van der Waals surface area contributed by atoms with Crippen LogP contribution in [0.5, 0.6) is 5.75 Å². The molecule has 0 bridgehead atoms. The van der Waals surface area contributed by atoms with Crippen molar-refractivity contribution in [1.82, 2.24) is 4.98 Å². The zero-order valence-electron chi connectivity index (χ0n) is 12.6. The third-order valence-corrected chi connectivity index (χ3v) is 3.70. The van der Waals surface area contributed by atoms with Gasteiger partial charge in [0.1, 0.15) is 5.75 Å². The van der Waals surface area contributed by atoms with Gasteiger partial charge in [-0.25, -0.2) is 4.98 Å². The number of aryl methyl sites for hydroxylation is 1. The highest BCUT2D eigenvalue weighted by molar-refractivity contribution is 7.16. The van der Waals surface area contributed by atoms with Gasteiger partial charge in [-0.1, -0.05) is 5.57 Å². The summed E-state index contributed by atoms with van der Waals surface area (Å²) in [5.41, 5.74) is 2.85. The van der Waals surface area contributed by atoms with Crippen LogP contribution in [0.3, 0.4) is 0 Å². The number of thiazole rings is 1. The smallest absolute Gasteiger partial charge is 0.250 e. The molecule has 4 nitrogen and oxygen atoms in total. The lowest BCUT2D eigenvalue weighted by molar-refractivity contribution is -0.111. The molecule has 0 radical (unpaired) electrons. The minimum absolute atomic E-state index is 0.148. The van der Waals surface area contributed by atoms with Crippen molar-refractivity contribution in [3.05, 3.63) is 40.8 Å². The van der Waals surface area contributed by atoms with E-state index in [0.717, 1.165) is 27.5 Å². The second-order valence-electron chi connectivity index (χ2n) is 4.86. The summed E-state index contributed by atoms with van der Waals surface area (Å²) in [6.45, 7) is 5.76. The molecule has 2 rings (SSSR count). The predicted octanol–water partition coefficient (Wildman–Crippen LogP) is 4.03. The molecule has 0 fully saturated rings. The summed E-state index contributed by atoms with van der Waals surface area (Å²) in [7, 11) is 1.64. The minimum atomic E-state index is -0.148. The number of carbonyl (C=O) groups excluding carboxylic acids is 1. The first kappa shape index (κ1) is 15.3. The van der Waals surface area contributed by atoms with Gasteiger partial charge in [-0.2, -0.15) is 0 Å².